The van der Waals surface area contributed by atoms with Gasteiger partial charge in [-0.25, -0.2) is 0 Å². The van der Waals surface area contributed by atoms with Crippen molar-refractivity contribution in [2.45, 2.75) is 12.6 Å². The van der Waals surface area contributed by atoms with Gasteiger partial charge in [-0.05, 0) is 6.07 Å². The van der Waals surface area contributed by atoms with Crippen molar-refractivity contribution in [1.29, 1.82) is 0 Å². The Morgan fingerprint density at radius 2 is 2.06 bits per heavy atom. The summed E-state index contributed by atoms with van der Waals surface area (Å²) in [7, 11) is 1.75. The molecular formula is C11H13F3N3+. The van der Waals surface area contributed by atoms with E-state index in [1.165, 1.54) is 6.07 Å². The molecule has 17 heavy (non-hydrogen) atoms. The highest BCUT2D eigenvalue weighted by atomic mass is 19.4. The number of nitrogens with two attached hydrogens (primary N) is 1. The molecule has 1 aliphatic rings. The zero-order valence-corrected chi connectivity index (χ0v) is 9.33. The second-order valence-corrected chi connectivity index (χ2v) is 4.25. The Balaban J connectivity index is 2.41. The smallest absolute Gasteiger partial charge is 0.383 e. The fourth-order valence-electron chi connectivity index (χ4n) is 1.88. The maximum atomic E-state index is 12.6. The molecule has 0 saturated carbocycles. The Hall–Kier alpha value is -1.56. The van der Waals surface area contributed by atoms with Gasteiger partial charge in [0, 0.05) is 12.1 Å². The molecule has 1 aromatic carbocycles. The molecular weight excluding hydrogens is 231 g/mol. The van der Waals surface area contributed by atoms with E-state index in [1.807, 2.05) is 0 Å². The van der Waals surface area contributed by atoms with E-state index in [9.17, 15) is 13.2 Å². The minimum Gasteiger partial charge on any atom is -0.383 e. The van der Waals surface area contributed by atoms with E-state index in [0.717, 1.165) is 12.1 Å². The van der Waals surface area contributed by atoms with Crippen LogP contribution in [0.5, 0.6) is 0 Å². The largest absolute Gasteiger partial charge is 0.416 e. The van der Waals surface area contributed by atoms with Gasteiger partial charge in [0.25, 0.3) is 0 Å². The van der Waals surface area contributed by atoms with Gasteiger partial charge in [-0.15, -0.1) is 0 Å². The van der Waals surface area contributed by atoms with Crippen LogP contribution in [0.25, 0.3) is 0 Å². The Bertz CT molecular complexity index is 467. The zero-order chi connectivity index (χ0) is 12.7. The lowest BCUT2D eigenvalue weighted by Gasteiger charge is -2.23. The molecule has 2 N–H and O–H groups in total. The molecule has 0 amide bonds. The highest BCUT2D eigenvalue weighted by Crippen LogP contribution is 2.34. The number of hydrogen-bond acceptors (Lipinski definition) is 2. The maximum Gasteiger partial charge on any atom is 0.416 e. The Morgan fingerprint density at radius 1 is 1.35 bits per heavy atom. The lowest BCUT2D eigenvalue weighted by atomic mass is 10.2. The standard InChI is InChI=1S/C11H13F3N3/c1-17(6-5-10(15)16-17)9-4-2-3-8(7-9)11(12,13)14/h2-4,7H,5-6H2,1H3,(H2,15,16)/q+1. The van der Waals surface area contributed by atoms with Crippen LogP contribution in [-0.4, -0.2) is 19.4 Å². The number of benzene rings is 1. The van der Waals surface area contributed by atoms with E-state index in [4.69, 9.17) is 5.73 Å². The van der Waals surface area contributed by atoms with Crippen LogP contribution >= 0.6 is 0 Å². The first kappa shape index (κ1) is 11.9. The van der Waals surface area contributed by atoms with Gasteiger partial charge in [0.2, 0.25) is 0 Å². The van der Waals surface area contributed by atoms with E-state index in [0.29, 0.717) is 24.5 Å². The lowest BCUT2D eigenvalue weighted by Crippen LogP contribution is -2.36. The van der Waals surface area contributed by atoms with Crippen LogP contribution < -0.4 is 10.3 Å². The molecule has 2 rings (SSSR count). The third-order valence-electron chi connectivity index (χ3n) is 2.88. The molecule has 6 heteroatoms. The molecule has 1 aromatic rings. The fraction of sp³-hybridized carbons (Fsp3) is 0.364. The number of rotatable bonds is 1. The van der Waals surface area contributed by atoms with Gasteiger partial charge in [0.15, 0.2) is 11.5 Å². The number of nitrogens with zero attached hydrogens (tertiary/aromatic N) is 2. The Morgan fingerprint density at radius 3 is 2.59 bits per heavy atom. The summed E-state index contributed by atoms with van der Waals surface area (Å²) in [6.07, 6.45) is -3.73. The van der Waals surface area contributed by atoms with Crippen molar-refractivity contribution < 1.29 is 13.2 Å². The predicted octanol–water partition coefficient (Wildman–Crippen LogP) is 2.32. The number of hydrogen-bond donors (Lipinski definition) is 1. The van der Waals surface area contributed by atoms with Crippen molar-refractivity contribution in [1.82, 2.24) is 4.59 Å². The van der Waals surface area contributed by atoms with Crippen LogP contribution in [0.4, 0.5) is 18.9 Å². The van der Waals surface area contributed by atoms with Crippen LogP contribution in [0.2, 0.25) is 0 Å². The topological polar surface area (TPSA) is 38.4 Å². The first-order valence-electron chi connectivity index (χ1n) is 5.19. The quantitative estimate of drug-likeness (QED) is 0.756. The SMILES string of the molecule is C[N+]1(c2cccc(C(F)(F)F)c2)CCC(N)=N1. The Kier molecular flexibility index (Phi) is 2.61. The molecule has 1 heterocycles. The van der Waals surface area contributed by atoms with E-state index in [1.54, 1.807) is 13.1 Å². The van der Waals surface area contributed by atoms with Crippen LogP contribution in [0, 0.1) is 0 Å². The minimum atomic E-state index is -4.33. The van der Waals surface area contributed by atoms with Crippen LogP contribution in [-0.2, 0) is 6.18 Å². The molecule has 0 bridgehead atoms. The normalized spacial score (nSPS) is 24.8. The molecule has 0 spiro atoms. The van der Waals surface area contributed by atoms with Crippen molar-refractivity contribution >= 4 is 11.5 Å². The van der Waals surface area contributed by atoms with E-state index in [2.05, 4.69) is 5.10 Å². The van der Waals surface area contributed by atoms with Gasteiger partial charge in [-0.3, -0.25) is 0 Å². The molecule has 0 aliphatic carbocycles. The zero-order valence-electron chi connectivity index (χ0n) is 9.33. The van der Waals surface area contributed by atoms with Crippen LogP contribution in [0.1, 0.15) is 12.0 Å². The third kappa shape index (κ3) is 2.26. The van der Waals surface area contributed by atoms with Crippen molar-refractivity contribution in [2.75, 3.05) is 13.6 Å². The Labute approximate surface area is 96.9 Å². The summed E-state index contributed by atoms with van der Waals surface area (Å²) in [5.74, 6) is 0.477. The van der Waals surface area contributed by atoms with Gasteiger partial charge in [-0.2, -0.15) is 17.8 Å². The van der Waals surface area contributed by atoms with Crippen molar-refractivity contribution in [2.24, 2.45) is 10.8 Å². The van der Waals surface area contributed by atoms with Gasteiger partial charge < -0.3 is 5.73 Å². The number of halogens is 3. The fourth-order valence-corrected chi connectivity index (χ4v) is 1.88. The van der Waals surface area contributed by atoms with Gasteiger partial charge in [0.1, 0.15) is 6.54 Å². The molecule has 1 atom stereocenters. The summed E-state index contributed by atoms with van der Waals surface area (Å²) in [5, 5.41) is 4.18. The maximum absolute atomic E-state index is 12.6. The summed E-state index contributed by atoms with van der Waals surface area (Å²) in [4.78, 5) is 0. The minimum absolute atomic E-state index is 0.0791. The molecule has 0 fully saturated rings. The van der Waals surface area contributed by atoms with Crippen molar-refractivity contribution in [3.05, 3.63) is 29.8 Å². The number of alkyl halides is 3. The van der Waals surface area contributed by atoms with Crippen LogP contribution in [0.15, 0.2) is 29.4 Å². The highest BCUT2D eigenvalue weighted by molar-refractivity contribution is 5.83. The highest BCUT2D eigenvalue weighted by Gasteiger charge is 2.35. The summed E-state index contributed by atoms with van der Waals surface area (Å²) >= 11 is 0. The monoisotopic (exact) mass is 244 g/mol. The molecule has 1 aliphatic heterocycles. The predicted molar refractivity (Wildman–Crippen MR) is 60.3 cm³/mol. The third-order valence-corrected chi connectivity index (χ3v) is 2.88. The summed E-state index contributed by atoms with van der Waals surface area (Å²) in [6, 6.07) is 5.21. The first-order chi connectivity index (χ1) is 7.81. The second-order valence-electron chi connectivity index (χ2n) is 4.25. The van der Waals surface area contributed by atoms with E-state index < -0.39 is 11.7 Å². The molecule has 3 nitrogen and oxygen atoms in total. The van der Waals surface area contributed by atoms with Crippen LogP contribution in [0.3, 0.4) is 0 Å². The number of quaternary nitrogens is 1. The summed E-state index contributed by atoms with van der Waals surface area (Å²) in [6.45, 7) is 0.590. The van der Waals surface area contributed by atoms with Crippen molar-refractivity contribution in [3.63, 3.8) is 0 Å². The molecule has 92 valence electrons. The van der Waals surface area contributed by atoms with Crippen molar-refractivity contribution in [3.8, 4) is 0 Å². The average Bonchev–Trinajstić information content (AvgIpc) is 2.59. The average molecular weight is 244 g/mol. The molecule has 0 saturated heterocycles. The number of amidine groups is 1. The molecule has 1 unspecified atom stereocenters. The van der Waals surface area contributed by atoms with Gasteiger partial charge in [-0.1, -0.05) is 11.2 Å². The first-order valence-corrected chi connectivity index (χ1v) is 5.19. The molecule has 0 radical (unpaired) electrons. The molecule has 0 aromatic heterocycles. The second kappa shape index (κ2) is 3.73. The summed E-state index contributed by atoms with van der Waals surface area (Å²) in [5.41, 5.74) is 5.43. The van der Waals surface area contributed by atoms with Gasteiger partial charge in [0.05, 0.1) is 19.0 Å². The summed E-state index contributed by atoms with van der Waals surface area (Å²) < 4.78 is 37.8. The lowest BCUT2D eigenvalue weighted by molar-refractivity contribution is -0.137. The van der Waals surface area contributed by atoms with Gasteiger partial charge >= 0.3 is 6.18 Å². The van der Waals surface area contributed by atoms with E-state index in [-0.39, 0.29) is 4.59 Å². The van der Waals surface area contributed by atoms with E-state index >= 15 is 0 Å².